The highest BCUT2D eigenvalue weighted by Gasteiger charge is 2.44. The topological polar surface area (TPSA) is 60.2 Å². The minimum atomic E-state index is 0.0667. The van der Waals surface area contributed by atoms with Crippen molar-refractivity contribution in [1.29, 1.82) is 5.26 Å². The van der Waals surface area contributed by atoms with Crippen LogP contribution >= 0.6 is 11.3 Å². The van der Waals surface area contributed by atoms with Crippen LogP contribution in [0.4, 0.5) is 0 Å². The second-order valence-corrected chi connectivity index (χ2v) is 7.09. The summed E-state index contributed by atoms with van der Waals surface area (Å²) in [7, 11) is 0. The Balaban J connectivity index is 1.46. The molecule has 1 aromatic heterocycles. The molecule has 122 valence electrons. The lowest BCUT2D eigenvalue weighted by Gasteiger charge is -2.25. The first-order valence-corrected chi connectivity index (χ1v) is 9.13. The van der Waals surface area contributed by atoms with Gasteiger partial charge in [0.2, 0.25) is 0 Å². The first-order chi connectivity index (χ1) is 11.8. The molecule has 0 radical (unpaired) electrons. The first-order valence-electron chi connectivity index (χ1n) is 8.18. The Morgan fingerprint density at radius 1 is 1.33 bits per heavy atom. The molecule has 0 N–H and O–H groups in total. The number of hydrogen-bond donors (Lipinski definition) is 0. The maximum absolute atomic E-state index is 12.6. The molecule has 1 aromatic carbocycles. The average Bonchev–Trinajstić information content (AvgIpc) is 3.33. The van der Waals surface area contributed by atoms with E-state index in [4.69, 9.17) is 5.26 Å². The van der Waals surface area contributed by atoms with Crippen LogP contribution in [0.2, 0.25) is 0 Å². The summed E-state index contributed by atoms with van der Waals surface area (Å²) < 4.78 is 0. The highest BCUT2D eigenvalue weighted by Crippen LogP contribution is 2.33. The lowest BCUT2D eigenvalue weighted by atomic mass is 10.1. The van der Waals surface area contributed by atoms with Crippen molar-refractivity contribution in [3.63, 3.8) is 0 Å². The molecule has 3 heterocycles. The van der Waals surface area contributed by atoms with E-state index in [0.29, 0.717) is 23.3 Å². The van der Waals surface area contributed by atoms with Gasteiger partial charge in [-0.2, -0.15) is 5.26 Å². The third kappa shape index (κ3) is 2.70. The van der Waals surface area contributed by atoms with E-state index >= 15 is 0 Å². The zero-order valence-corrected chi connectivity index (χ0v) is 14.1. The van der Waals surface area contributed by atoms with Crippen LogP contribution in [0.25, 0.3) is 0 Å². The van der Waals surface area contributed by atoms with Crippen LogP contribution in [-0.2, 0) is 6.54 Å². The summed E-state index contributed by atoms with van der Waals surface area (Å²) in [5.74, 6) is 0.0667. The molecule has 2 saturated heterocycles. The lowest BCUT2D eigenvalue weighted by molar-refractivity contribution is 0.0727. The largest absolute Gasteiger partial charge is 0.333 e. The molecule has 0 bridgehead atoms. The van der Waals surface area contributed by atoms with Crippen LogP contribution in [0, 0.1) is 11.3 Å². The van der Waals surface area contributed by atoms with Crippen LogP contribution in [0.15, 0.2) is 35.2 Å². The third-order valence-corrected chi connectivity index (χ3v) is 5.63. The van der Waals surface area contributed by atoms with E-state index < -0.39 is 0 Å². The van der Waals surface area contributed by atoms with Gasteiger partial charge in [-0.1, -0.05) is 12.1 Å². The Morgan fingerprint density at radius 3 is 3.00 bits per heavy atom. The van der Waals surface area contributed by atoms with Crippen LogP contribution in [0.1, 0.15) is 34.5 Å². The van der Waals surface area contributed by atoms with Crippen LogP contribution in [0.3, 0.4) is 0 Å². The van der Waals surface area contributed by atoms with E-state index in [-0.39, 0.29) is 5.91 Å². The number of fused-ring (bicyclic) bond motifs is 1. The number of nitriles is 1. The Labute approximate surface area is 145 Å². The zero-order chi connectivity index (χ0) is 16.5. The van der Waals surface area contributed by atoms with Crippen molar-refractivity contribution < 1.29 is 4.79 Å². The van der Waals surface area contributed by atoms with Gasteiger partial charge in [0.1, 0.15) is 5.69 Å². The number of rotatable bonds is 3. The first kappa shape index (κ1) is 15.3. The third-order valence-electron chi connectivity index (χ3n) is 5.05. The van der Waals surface area contributed by atoms with E-state index in [2.05, 4.69) is 22.0 Å². The van der Waals surface area contributed by atoms with Crippen LogP contribution in [0.5, 0.6) is 0 Å². The van der Waals surface area contributed by atoms with Crippen molar-refractivity contribution in [2.45, 2.75) is 31.5 Å². The highest BCUT2D eigenvalue weighted by atomic mass is 32.1. The molecule has 4 rings (SSSR count). The molecule has 0 unspecified atom stereocenters. The highest BCUT2D eigenvalue weighted by molar-refractivity contribution is 7.07. The molecule has 2 aliphatic heterocycles. The molecule has 0 spiro atoms. The van der Waals surface area contributed by atoms with Crippen molar-refractivity contribution >= 4 is 17.2 Å². The molecule has 2 atom stereocenters. The maximum atomic E-state index is 12.6. The van der Waals surface area contributed by atoms with Gasteiger partial charge in [0.25, 0.3) is 5.91 Å². The fourth-order valence-electron chi connectivity index (χ4n) is 3.96. The molecular weight excluding hydrogens is 320 g/mol. The molecule has 2 fully saturated rings. The number of hydrogen-bond acceptors (Lipinski definition) is 5. The van der Waals surface area contributed by atoms with E-state index in [1.807, 2.05) is 28.5 Å². The molecule has 5 nitrogen and oxygen atoms in total. The number of carbonyl (C=O) groups excluding carboxylic acids is 1. The number of amides is 1. The maximum Gasteiger partial charge on any atom is 0.273 e. The Morgan fingerprint density at radius 2 is 2.21 bits per heavy atom. The van der Waals surface area contributed by atoms with Gasteiger partial charge in [-0.3, -0.25) is 9.69 Å². The van der Waals surface area contributed by atoms with Crippen molar-refractivity contribution in [1.82, 2.24) is 14.8 Å². The van der Waals surface area contributed by atoms with Gasteiger partial charge in [-0.15, -0.1) is 11.3 Å². The number of nitrogens with zero attached hydrogens (tertiary/aromatic N) is 4. The summed E-state index contributed by atoms with van der Waals surface area (Å²) >= 11 is 1.46. The second-order valence-electron chi connectivity index (χ2n) is 6.37. The monoisotopic (exact) mass is 338 g/mol. The smallest absolute Gasteiger partial charge is 0.273 e. The summed E-state index contributed by atoms with van der Waals surface area (Å²) in [6.45, 7) is 2.64. The fourth-order valence-corrected chi connectivity index (χ4v) is 4.49. The van der Waals surface area contributed by atoms with Crippen molar-refractivity contribution in [2.75, 3.05) is 13.1 Å². The summed E-state index contributed by atoms with van der Waals surface area (Å²) in [6.07, 6.45) is 2.02. The van der Waals surface area contributed by atoms with E-state index in [0.717, 1.165) is 32.5 Å². The molecule has 0 saturated carbocycles. The lowest BCUT2D eigenvalue weighted by Crippen LogP contribution is -2.39. The number of benzene rings is 1. The summed E-state index contributed by atoms with van der Waals surface area (Å²) in [4.78, 5) is 21.2. The van der Waals surface area contributed by atoms with Crippen molar-refractivity contribution in [2.24, 2.45) is 0 Å². The van der Waals surface area contributed by atoms with Crippen LogP contribution in [-0.4, -0.2) is 45.9 Å². The van der Waals surface area contributed by atoms with Crippen molar-refractivity contribution in [3.05, 3.63) is 52.0 Å². The predicted octanol–water partition coefficient (Wildman–Crippen LogP) is 2.50. The van der Waals surface area contributed by atoms with E-state index in [9.17, 15) is 4.79 Å². The minimum Gasteiger partial charge on any atom is -0.333 e. The van der Waals surface area contributed by atoms with Gasteiger partial charge in [0.15, 0.2) is 0 Å². The zero-order valence-electron chi connectivity index (χ0n) is 13.3. The Kier molecular flexibility index (Phi) is 4.05. The molecule has 2 aliphatic rings. The normalized spacial score (nSPS) is 23.2. The summed E-state index contributed by atoms with van der Waals surface area (Å²) in [5.41, 5.74) is 4.15. The van der Waals surface area contributed by atoms with Gasteiger partial charge in [0, 0.05) is 37.1 Å². The number of carbonyl (C=O) groups is 1. The van der Waals surface area contributed by atoms with Crippen LogP contribution < -0.4 is 0 Å². The molecule has 1 amide bonds. The van der Waals surface area contributed by atoms with Gasteiger partial charge in [0.05, 0.1) is 17.1 Å². The molecule has 6 heteroatoms. The molecule has 0 aliphatic carbocycles. The number of likely N-dealkylation sites (tertiary alicyclic amines) is 2. The van der Waals surface area contributed by atoms with Gasteiger partial charge in [-0.25, -0.2) is 4.98 Å². The molecular formula is C18H18N4OS. The van der Waals surface area contributed by atoms with Gasteiger partial charge in [-0.05, 0) is 30.5 Å². The quantitative estimate of drug-likeness (QED) is 0.863. The SMILES string of the molecule is N#Cc1cccc(CN2CC[C@@H]3[C@H]2CCN3C(=O)c2cscn2)c1. The standard InChI is InChI=1S/C18H18N4OS/c19-9-13-2-1-3-14(8-13)10-21-6-4-17-16(21)5-7-22(17)18(23)15-11-24-12-20-15/h1-3,8,11-12,16-17H,4-7,10H2/t16-,17-/m1/s1. The fraction of sp³-hybridized carbons (Fsp3) is 0.389. The summed E-state index contributed by atoms with van der Waals surface area (Å²) in [6, 6.07) is 10.7. The minimum absolute atomic E-state index is 0.0667. The molecule has 24 heavy (non-hydrogen) atoms. The molecule has 2 aromatic rings. The average molecular weight is 338 g/mol. The van der Waals surface area contributed by atoms with E-state index in [1.165, 1.54) is 16.9 Å². The number of thiazole rings is 1. The van der Waals surface area contributed by atoms with Gasteiger partial charge >= 0.3 is 0 Å². The summed E-state index contributed by atoms with van der Waals surface area (Å²) in [5, 5.41) is 10.9. The Hall–Kier alpha value is -2.23. The number of aromatic nitrogens is 1. The predicted molar refractivity (Wildman–Crippen MR) is 91.5 cm³/mol. The van der Waals surface area contributed by atoms with Crippen molar-refractivity contribution in [3.8, 4) is 6.07 Å². The van der Waals surface area contributed by atoms with E-state index in [1.54, 1.807) is 5.51 Å². The van der Waals surface area contributed by atoms with Gasteiger partial charge < -0.3 is 4.90 Å². The Bertz CT molecular complexity index is 783. The second kappa shape index (κ2) is 6.34.